The standard InChI is InChI=1S/C14H26N2O3S/c17-20(18,11-14-5-3-9-19-14)16(13-6-7-13)10-12-4-1-2-8-15-12/h12-15H,1-11H2. The minimum atomic E-state index is -3.17. The van der Waals surface area contributed by atoms with Crippen molar-refractivity contribution in [1.29, 1.82) is 0 Å². The van der Waals surface area contributed by atoms with Gasteiger partial charge in [0.25, 0.3) is 0 Å². The summed E-state index contributed by atoms with van der Waals surface area (Å²) >= 11 is 0. The molecule has 0 spiro atoms. The van der Waals surface area contributed by atoms with E-state index < -0.39 is 10.0 Å². The molecule has 20 heavy (non-hydrogen) atoms. The topological polar surface area (TPSA) is 58.6 Å². The molecule has 6 heteroatoms. The molecule has 1 N–H and O–H groups in total. The Morgan fingerprint density at radius 3 is 2.55 bits per heavy atom. The summed E-state index contributed by atoms with van der Waals surface area (Å²) < 4.78 is 32.6. The number of hydrogen-bond donors (Lipinski definition) is 1. The van der Waals surface area contributed by atoms with Crippen LogP contribution in [0.5, 0.6) is 0 Å². The second-order valence-electron chi connectivity index (χ2n) is 6.36. The Labute approximate surface area is 122 Å². The third kappa shape index (κ3) is 3.72. The van der Waals surface area contributed by atoms with Crippen molar-refractivity contribution < 1.29 is 13.2 Å². The van der Waals surface area contributed by atoms with Crippen molar-refractivity contribution in [1.82, 2.24) is 9.62 Å². The van der Waals surface area contributed by atoms with E-state index >= 15 is 0 Å². The van der Waals surface area contributed by atoms with E-state index in [4.69, 9.17) is 4.74 Å². The number of nitrogens with zero attached hydrogens (tertiary/aromatic N) is 1. The predicted octanol–water partition coefficient (Wildman–Crippen LogP) is 1.10. The summed E-state index contributed by atoms with van der Waals surface area (Å²) in [5, 5.41) is 3.46. The molecular weight excluding hydrogens is 276 g/mol. The van der Waals surface area contributed by atoms with Crippen LogP contribution in [0.1, 0.15) is 44.9 Å². The van der Waals surface area contributed by atoms with Crippen LogP contribution >= 0.6 is 0 Å². The molecule has 116 valence electrons. The highest BCUT2D eigenvalue weighted by molar-refractivity contribution is 7.89. The molecule has 1 aliphatic carbocycles. The van der Waals surface area contributed by atoms with Gasteiger partial charge in [0.15, 0.2) is 0 Å². The smallest absolute Gasteiger partial charge is 0.216 e. The molecule has 2 heterocycles. The molecule has 3 aliphatic rings. The van der Waals surface area contributed by atoms with Crippen LogP contribution in [-0.4, -0.2) is 56.4 Å². The molecule has 2 saturated heterocycles. The maximum atomic E-state index is 12.7. The summed E-state index contributed by atoms with van der Waals surface area (Å²) in [5.74, 6) is 0.177. The van der Waals surface area contributed by atoms with Crippen molar-refractivity contribution in [2.45, 2.75) is 63.1 Å². The zero-order chi connectivity index (χ0) is 14.0. The zero-order valence-electron chi connectivity index (χ0n) is 12.1. The first-order valence-corrected chi connectivity index (χ1v) is 9.60. The first kappa shape index (κ1) is 14.8. The lowest BCUT2D eigenvalue weighted by atomic mass is 10.1. The molecule has 0 bridgehead atoms. The van der Waals surface area contributed by atoms with Crippen molar-refractivity contribution in [3.63, 3.8) is 0 Å². The van der Waals surface area contributed by atoms with Crippen molar-refractivity contribution in [2.24, 2.45) is 0 Å². The van der Waals surface area contributed by atoms with Gasteiger partial charge in [-0.3, -0.25) is 0 Å². The molecule has 5 nitrogen and oxygen atoms in total. The molecular formula is C14H26N2O3S. The van der Waals surface area contributed by atoms with Crippen molar-refractivity contribution >= 4 is 10.0 Å². The lowest BCUT2D eigenvalue weighted by molar-refractivity contribution is 0.126. The van der Waals surface area contributed by atoms with Crippen LogP contribution in [0, 0.1) is 0 Å². The van der Waals surface area contributed by atoms with Crippen LogP contribution in [-0.2, 0) is 14.8 Å². The molecule has 0 radical (unpaired) electrons. The van der Waals surface area contributed by atoms with E-state index in [-0.39, 0.29) is 17.9 Å². The minimum absolute atomic E-state index is 0.0828. The number of rotatable bonds is 6. The van der Waals surface area contributed by atoms with Crippen LogP contribution in [0.3, 0.4) is 0 Å². The Hall–Kier alpha value is -0.170. The first-order valence-electron chi connectivity index (χ1n) is 8.00. The van der Waals surface area contributed by atoms with E-state index in [1.807, 2.05) is 0 Å². The van der Waals surface area contributed by atoms with Gasteiger partial charge in [-0.15, -0.1) is 0 Å². The molecule has 2 aliphatic heterocycles. The highest BCUT2D eigenvalue weighted by atomic mass is 32.2. The van der Waals surface area contributed by atoms with Gasteiger partial charge in [0.1, 0.15) is 0 Å². The van der Waals surface area contributed by atoms with Gasteiger partial charge in [0, 0.05) is 25.2 Å². The van der Waals surface area contributed by atoms with Crippen LogP contribution in [0.2, 0.25) is 0 Å². The Morgan fingerprint density at radius 2 is 1.95 bits per heavy atom. The SMILES string of the molecule is O=S(=O)(CC1CCCO1)N(CC1CCCCN1)C1CC1. The van der Waals surface area contributed by atoms with Crippen LogP contribution in [0.4, 0.5) is 0 Å². The van der Waals surface area contributed by atoms with Gasteiger partial charge in [-0.05, 0) is 45.1 Å². The second-order valence-corrected chi connectivity index (χ2v) is 8.33. The Kier molecular flexibility index (Phi) is 4.65. The normalized spacial score (nSPS) is 31.9. The highest BCUT2D eigenvalue weighted by Gasteiger charge is 2.40. The monoisotopic (exact) mass is 302 g/mol. The highest BCUT2D eigenvalue weighted by Crippen LogP contribution is 2.31. The first-order chi connectivity index (χ1) is 9.65. The fourth-order valence-electron chi connectivity index (χ4n) is 3.26. The maximum absolute atomic E-state index is 12.7. The maximum Gasteiger partial charge on any atom is 0.216 e. The van der Waals surface area contributed by atoms with E-state index in [1.165, 1.54) is 12.8 Å². The third-order valence-corrected chi connectivity index (χ3v) is 6.50. The molecule has 0 aromatic rings. The summed E-state index contributed by atoms with van der Waals surface area (Å²) in [7, 11) is -3.17. The van der Waals surface area contributed by atoms with Crippen molar-refractivity contribution in [3.8, 4) is 0 Å². The molecule has 0 aromatic carbocycles. The zero-order valence-corrected chi connectivity index (χ0v) is 12.9. The van der Waals surface area contributed by atoms with E-state index in [1.54, 1.807) is 4.31 Å². The summed E-state index contributed by atoms with van der Waals surface area (Å²) in [6.45, 7) is 2.39. The number of nitrogens with one attached hydrogen (secondary N) is 1. The van der Waals surface area contributed by atoms with E-state index in [0.29, 0.717) is 19.2 Å². The average molecular weight is 302 g/mol. The lowest BCUT2D eigenvalue weighted by Gasteiger charge is -2.30. The molecule has 0 amide bonds. The van der Waals surface area contributed by atoms with E-state index in [0.717, 1.165) is 38.6 Å². The fourth-order valence-corrected chi connectivity index (χ4v) is 5.25. The van der Waals surface area contributed by atoms with Crippen LogP contribution in [0.15, 0.2) is 0 Å². The number of sulfonamides is 1. The fraction of sp³-hybridized carbons (Fsp3) is 1.00. The van der Waals surface area contributed by atoms with E-state index in [9.17, 15) is 8.42 Å². The van der Waals surface area contributed by atoms with Gasteiger partial charge >= 0.3 is 0 Å². The largest absolute Gasteiger partial charge is 0.377 e. The van der Waals surface area contributed by atoms with Gasteiger partial charge in [-0.25, -0.2) is 8.42 Å². The molecule has 3 rings (SSSR count). The van der Waals surface area contributed by atoms with Crippen molar-refractivity contribution in [2.75, 3.05) is 25.4 Å². The summed E-state index contributed by atoms with van der Waals surface area (Å²) in [6.07, 6.45) is 7.37. The van der Waals surface area contributed by atoms with Crippen LogP contribution in [0.25, 0.3) is 0 Å². The minimum Gasteiger partial charge on any atom is -0.377 e. The average Bonchev–Trinajstić information content (AvgIpc) is 3.15. The van der Waals surface area contributed by atoms with Gasteiger partial charge in [0.05, 0.1) is 11.9 Å². The lowest BCUT2D eigenvalue weighted by Crippen LogP contribution is -2.48. The van der Waals surface area contributed by atoms with Gasteiger partial charge < -0.3 is 10.1 Å². The Morgan fingerprint density at radius 1 is 1.10 bits per heavy atom. The van der Waals surface area contributed by atoms with Gasteiger partial charge in [-0.2, -0.15) is 4.31 Å². The summed E-state index contributed by atoms with van der Waals surface area (Å²) in [5.41, 5.74) is 0. The van der Waals surface area contributed by atoms with Gasteiger partial charge in [0.2, 0.25) is 10.0 Å². The molecule has 3 fully saturated rings. The second kappa shape index (κ2) is 6.30. The number of piperidine rings is 1. The van der Waals surface area contributed by atoms with E-state index in [2.05, 4.69) is 5.32 Å². The quantitative estimate of drug-likeness (QED) is 0.798. The van der Waals surface area contributed by atoms with Gasteiger partial charge in [-0.1, -0.05) is 6.42 Å². The van der Waals surface area contributed by atoms with Crippen molar-refractivity contribution in [3.05, 3.63) is 0 Å². The Balaban J connectivity index is 1.62. The Bertz CT molecular complexity index is 410. The molecule has 2 unspecified atom stereocenters. The summed E-state index contributed by atoms with van der Waals surface area (Å²) in [6, 6.07) is 0.591. The molecule has 2 atom stereocenters. The predicted molar refractivity (Wildman–Crippen MR) is 78.1 cm³/mol. The number of hydrogen-bond acceptors (Lipinski definition) is 4. The number of ether oxygens (including phenoxy) is 1. The van der Waals surface area contributed by atoms with Crippen LogP contribution < -0.4 is 5.32 Å². The molecule has 0 aromatic heterocycles. The molecule has 1 saturated carbocycles. The third-order valence-electron chi connectivity index (χ3n) is 4.54. The summed E-state index contributed by atoms with van der Waals surface area (Å²) in [4.78, 5) is 0.